The molecule has 1 aromatic carbocycles. The van der Waals surface area contributed by atoms with Crippen molar-refractivity contribution in [2.24, 2.45) is 47.3 Å². The monoisotopic (exact) mass is 811 g/mol. The minimum atomic E-state index is 0.352. The number of benzene rings is 1. The molecule has 0 aromatic heterocycles. The van der Waals surface area contributed by atoms with Gasteiger partial charge in [-0.1, -0.05) is 62.5 Å². The van der Waals surface area contributed by atoms with Crippen molar-refractivity contribution in [3.05, 3.63) is 75.9 Å². The molecule has 0 N–H and O–H groups in total. The molecule has 324 valence electrons. The van der Waals surface area contributed by atoms with Crippen LogP contribution >= 0.6 is 0 Å². The first-order valence-electron chi connectivity index (χ1n) is 26.4. The van der Waals surface area contributed by atoms with Gasteiger partial charge in [0.1, 0.15) is 18.0 Å². The van der Waals surface area contributed by atoms with E-state index < -0.39 is 0 Å². The van der Waals surface area contributed by atoms with Gasteiger partial charge in [-0.25, -0.2) is 0 Å². The normalized spacial score (nSPS) is 42.1. The molecule has 6 fully saturated rings. The number of rotatable bonds is 6. The van der Waals surface area contributed by atoms with Gasteiger partial charge < -0.3 is 19.3 Å². The first-order valence-corrected chi connectivity index (χ1v) is 26.4. The van der Waals surface area contributed by atoms with Crippen molar-refractivity contribution in [2.75, 3.05) is 4.90 Å². The Labute approximate surface area is 364 Å². The maximum Gasteiger partial charge on any atom is 0.125 e. The topological polar surface area (TPSA) is 24.9 Å². The summed E-state index contributed by atoms with van der Waals surface area (Å²) in [5.74, 6) is 9.51. The number of anilines is 1. The lowest BCUT2D eigenvalue weighted by Gasteiger charge is -2.62. The number of para-hydroxylation sites is 1. The number of allylic oxidation sites excluding steroid dienone is 4. The van der Waals surface area contributed by atoms with Crippen LogP contribution in [-0.4, -0.2) is 41.3 Å². The summed E-state index contributed by atoms with van der Waals surface area (Å²) >= 11 is 0. The van der Waals surface area contributed by atoms with Gasteiger partial charge in [0.2, 0.25) is 0 Å². The van der Waals surface area contributed by atoms with Gasteiger partial charge >= 0.3 is 0 Å². The van der Waals surface area contributed by atoms with Crippen molar-refractivity contribution < 1.29 is 9.47 Å². The Morgan fingerprint density at radius 3 is 2.32 bits per heavy atom. The highest BCUT2D eigenvalue weighted by Crippen LogP contribution is 2.61. The molecular formula is C56H78N2O2. The summed E-state index contributed by atoms with van der Waals surface area (Å²) in [5.41, 5.74) is 9.68. The van der Waals surface area contributed by atoms with Gasteiger partial charge in [0.15, 0.2) is 0 Å². The third-order valence-corrected chi connectivity index (χ3v) is 19.8. The van der Waals surface area contributed by atoms with Crippen molar-refractivity contribution in [3.8, 4) is 0 Å². The van der Waals surface area contributed by atoms with E-state index in [0.29, 0.717) is 48.2 Å². The van der Waals surface area contributed by atoms with Crippen LogP contribution in [0.15, 0.2) is 70.4 Å². The maximum absolute atomic E-state index is 7.29. The van der Waals surface area contributed by atoms with E-state index in [0.717, 1.165) is 35.5 Å². The fourth-order valence-corrected chi connectivity index (χ4v) is 17.4. The van der Waals surface area contributed by atoms with Crippen LogP contribution in [-0.2, 0) is 9.47 Å². The number of hydrogen-bond acceptors (Lipinski definition) is 4. The molecule has 9 aliphatic carbocycles. The Morgan fingerprint density at radius 1 is 0.567 bits per heavy atom. The largest absolute Gasteiger partial charge is 0.492 e. The van der Waals surface area contributed by atoms with Crippen LogP contribution in [0.4, 0.5) is 5.69 Å². The first-order chi connectivity index (χ1) is 29.6. The van der Waals surface area contributed by atoms with E-state index in [-0.39, 0.29) is 0 Å². The molecule has 0 radical (unpaired) electrons. The molecule has 60 heavy (non-hydrogen) atoms. The second-order valence-electron chi connectivity index (χ2n) is 22.6. The highest BCUT2D eigenvalue weighted by molar-refractivity contribution is 5.56. The molecule has 1 aromatic rings. The van der Waals surface area contributed by atoms with E-state index in [2.05, 4.69) is 60.1 Å². The van der Waals surface area contributed by atoms with Crippen LogP contribution in [0.25, 0.3) is 0 Å². The van der Waals surface area contributed by atoms with E-state index in [9.17, 15) is 0 Å². The number of aryl methyl sites for hydroxylation is 1. The van der Waals surface area contributed by atoms with Crippen LogP contribution in [0.3, 0.4) is 0 Å². The fraction of sp³-hybridized carbons (Fsp3) is 0.750. The molecular weight excluding hydrogens is 733 g/mol. The molecule has 2 heterocycles. The smallest absolute Gasteiger partial charge is 0.125 e. The molecule has 12 rings (SSSR count). The zero-order chi connectivity index (χ0) is 39.9. The van der Waals surface area contributed by atoms with Crippen LogP contribution in [0.2, 0.25) is 0 Å². The van der Waals surface area contributed by atoms with Gasteiger partial charge in [0.05, 0.1) is 17.8 Å². The Balaban J connectivity index is 0.906. The molecule has 14 atom stereocenters. The van der Waals surface area contributed by atoms with Gasteiger partial charge in [-0.2, -0.15) is 0 Å². The van der Waals surface area contributed by atoms with Crippen molar-refractivity contribution in [1.29, 1.82) is 0 Å². The molecule has 0 bridgehead atoms. The second-order valence-corrected chi connectivity index (χ2v) is 22.6. The number of ether oxygens (including phenoxy) is 2. The fourth-order valence-electron chi connectivity index (χ4n) is 17.4. The predicted molar refractivity (Wildman–Crippen MR) is 244 cm³/mol. The molecule has 0 amide bonds. The quantitative estimate of drug-likeness (QED) is 0.286. The molecule has 4 nitrogen and oxygen atoms in total. The lowest BCUT2D eigenvalue weighted by molar-refractivity contribution is -0.0979. The zero-order valence-corrected chi connectivity index (χ0v) is 37.6. The summed E-state index contributed by atoms with van der Waals surface area (Å²) in [6, 6.07) is 11.7. The average molecular weight is 811 g/mol. The third kappa shape index (κ3) is 6.53. The summed E-state index contributed by atoms with van der Waals surface area (Å²) in [7, 11) is 0. The van der Waals surface area contributed by atoms with Crippen molar-refractivity contribution in [2.45, 2.75) is 217 Å². The zero-order valence-electron chi connectivity index (χ0n) is 37.6. The SMILES string of the molecule is CC1=CCCC=C1N(C1CCCC2=C1OC1CCCCC21)C1CC2CCCCC2C2C3CC(N(c4ccccc4C)C4CCCC5C6=C(CCCC6)OC54)CCC3CCC21. The second kappa shape index (κ2) is 16.2. The highest BCUT2D eigenvalue weighted by Gasteiger charge is 2.57. The summed E-state index contributed by atoms with van der Waals surface area (Å²) in [4.78, 5) is 6.23. The van der Waals surface area contributed by atoms with Crippen LogP contribution in [0.1, 0.15) is 179 Å². The lowest BCUT2D eigenvalue weighted by atomic mass is 9.49. The van der Waals surface area contributed by atoms with Gasteiger partial charge in [0, 0.05) is 41.7 Å². The van der Waals surface area contributed by atoms with Crippen molar-refractivity contribution in [3.63, 3.8) is 0 Å². The Kier molecular flexibility index (Phi) is 10.5. The molecule has 6 saturated carbocycles. The van der Waals surface area contributed by atoms with Gasteiger partial charge in [-0.05, 0) is 206 Å². The standard InChI is InChI=1S/C56H78N2O2/c1-35-15-3-9-23-47(35)57(49-25-13-21-43-41-19-7-11-27-52(41)59-55(43)49)39-31-29-37-30-32-45-51(33-38-17-5-6-18-40(38)54(45)46(37)34-39)58(48-24-10-4-16-36(48)2)50-26-14-22-44-42-20-8-12-28-53(42)60-56(44)50/h3,9,15-16,23-24,37-40,42-43,45-46,49-51,53-55H,4-8,10-14,17-22,25-34H2,1-2H3. The van der Waals surface area contributed by atoms with E-state index >= 15 is 0 Å². The minimum absolute atomic E-state index is 0.352. The summed E-state index contributed by atoms with van der Waals surface area (Å²) < 4.78 is 14.5. The first kappa shape index (κ1) is 39.0. The summed E-state index contributed by atoms with van der Waals surface area (Å²) in [6.07, 6.45) is 41.5. The third-order valence-electron chi connectivity index (χ3n) is 19.8. The van der Waals surface area contributed by atoms with E-state index in [4.69, 9.17) is 9.47 Å². The lowest BCUT2D eigenvalue weighted by Crippen LogP contribution is -2.60. The van der Waals surface area contributed by atoms with E-state index in [1.807, 2.05) is 0 Å². The van der Waals surface area contributed by atoms with Crippen LogP contribution in [0, 0.1) is 54.3 Å². The van der Waals surface area contributed by atoms with Gasteiger partial charge in [0.25, 0.3) is 0 Å². The highest BCUT2D eigenvalue weighted by atomic mass is 16.5. The molecule has 0 spiro atoms. The van der Waals surface area contributed by atoms with Crippen LogP contribution < -0.4 is 4.90 Å². The molecule has 2 aliphatic heterocycles. The van der Waals surface area contributed by atoms with E-state index in [1.165, 1.54) is 190 Å². The summed E-state index contributed by atoms with van der Waals surface area (Å²) in [6.45, 7) is 4.87. The van der Waals surface area contributed by atoms with Crippen molar-refractivity contribution >= 4 is 5.69 Å². The summed E-state index contributed by atoms with van der Waals surface area (Å²) in [5, 5.41) is 0. The number of hydrogen-bond donors (Lipinski definition) is 0. The Bertz CT molecular complexity index is 1900. The van der Waals surface area contributed by atoms with Gasteiger partial charge in [-0.15, -0.1) is 0 Å². The predicted octanol–water partition coefficient (Wildman–Crippen LogP) is 13.9. The average Bonchev–Trinajstić information content (AvgIpc) is 3.87. The number of nitrogens with zero attached hydrogens (tertiary/aromatic N) is 2. The van der Waals surface area contributed by atoms with Crippen molar-refractivity contribution in [1.82, 2.24) is 4.90 Å². The Morgan fingerprint density at radius 2 is 1.38 bits per heavy atom. The molecule has 4 heteroatoms. The molecule has 0 saturated heterocycles. The molecule has 14 unspecified atom stereocenters. The number of fused-ring (bicyclic) bond motifs is 9. The van der Waals surface area contributed by atoms with Gasteiger partial charge in [-0.3, -0.25) is 0 Å². The Hall–Kier alpha value is -2.62. The molecule has 11 aliphatic rings. The minimum Gasteiger partial charge on any atom is -0.492 e. The van der Waals surface area contributed by atoms with Crippen LogP contribution in [0.5, 0.6) is 0 Å². The van der Waals surface area contributed by atoms with E-state index in [1.54, 1.807) is 22.4 Å². The maximum atomic E-state index is 7.29.